The summed E-state index contributed by atoms with van der Waals surface area (Å²) in [6, 6.07) is 4.40. The van der Waals surface area contributed by atoms with Crippen LogP contribution in [-0.2, 0) is 6.42 Å². The molecule has 0 aliphatic heterocycles. The molecule has 0 aromatic heterocycles. The van der Waals surface area contributed by atoms with Crippen molar-refractivity contribution in [2.45, 2.75) is 34.1 Å². The fraction of sp³-hybridized carbons (Fsp3) is 0.500. The number of benzene rings is 1. The van der Waals surface area contributed by atoms with Crippen molar-refractivity contribution in [2.75, 3.05) is 0 Å². The van der Waals surface area contributed by atoms with Crippen molar-refractivity contribution in [3.05, 3.63) is 28.8 Å². The molecule has 84 valence electrons. The molecular formula is C12H18OS2. The molecule has 0 saturated heterocycles. The third-order valence-corrected chi connectivity index (χ3v) is 2.75. The average Bonchev–Trinajstić information content (AvgIpc) is 2.10. The zero-order valence-electron chi connectivity index (χ0n) is 9.70. The van der Waals surface area contributed by atoms with E-state index in [9.17, 15) is 0 Å². The third-order valence-electron chi connectivity index (χ3n) is 2.28. The number of thiol groups is 1. The van der Waals surface area contributed by atoms with Crippen molar-refractivity contribution in [3.63, 3.8) is 0 Å². The van der Waals surface area contributed by atoms with Crippen molar-refractivity contribution in [1.29, 1.82) is 0 Å². The molecule has 0 atom stereocenters. The molecule has 0 radical (unpaired) electrons. The highest BCUT2D eigenvalue weighted by Crippen LogP contribution is 2.29. The quantitative estimate of drug-likeness (QED) is 0.477. The molecule has 1 nitrogen and oxygen atoms in total. The maximum absolute atomic E-state index is 5.41. The van der Waals surface area contributed by atoms with Gasteiger partial charge in [0, 0.05) is 0 Å². The Morgan fingerprint density at radius 3 is 2.20 bits per heavy atom. The second kappa shape index (κ2) is 5.71. The molecule has 0 aliphatic rings. The Bertz CT molecular complexity index is 311. The molecule has 1 aromatic carbocycles. The highest BCUT2D eigenvalue weighted by Gasteiger charge is 2.07. The van der Waals surface area contributed by atoms with Crippen LogP contribution in [-0.4, -0.2) is 0 Å². The molecule has 0 unspecified atom stereocenters. The van der Waals surface area contributed by atoms with Crippen LogP contribution in [0.3, 0.4) is 0 Å². The maximum Gasteiger partial charge on any atom is 0.144 e. The fourth-order valence-corrected chi connectivity index (χ4v) is 2.36. The Morgan fingerprint density at radius 1 is 1.27 bits per heavy atom. The number of aryl methyl sites for hydroxylation is 2. The van der Waals surface area contributed by atoms with Crippen LogP contribution in [0.5, 0.6) is 5.75 Å². The van der Waals surface area contributed by atoms with Crippen LogP contribution in [0.15, 0.2) is 12.1 Å². The van der Waals surface area contributed by atoms with Crippen molar-refractivity contribution in [2.24, 2.45) is 5.92 Å². The summed E-state index contributed by atoms with van der Waals surface area (Å²) in [5, 5.41) is 0. The standard InChI is InChI=1S/C12H18OS2/c1-8(2)5-11-6-9(3)12(13-15-14)10(4)7-11/h6-8,14H,5H2,1-4H3. The number of rotatable bonds is 4. The van der Waals surface area contributed by atoms with Crippen LogP contribution in [0.25, 0.3) is 0 Å². The molecule has 0 bridgehead atoms. The second-order valence-electron chi connectivity index (χ2n) is 4.31. The molecule has 1 aromatic rings. The Hall–Kier alpha value is -0.280. The summed E-state index contributed by atoms with van der Waals surface area (Å²) < 4.78 is 5.41. The first-order valence-electron chi connectivity index (χ1n) is 5.12. The van der Waals surface area contributed by atoms with E-state index in [2.05, 4.69) is 51.5 Å². The Balaban J connectivity index is 2.97. The topological polar surface area (TPSA) is 9.23 Å². The summed E-state index contributed by atoms with van der Waals surface area (Å²) in [4.78, 5) is 0. The molecule has 0 amide bonds. The molecular weight excluding hydrogens is 224 g/mol. The smallest absolute Gasteiger partial charge is 0.144 e. The van der Waals surface area contributed by atoms with E-state index in [1.807, 2.05) is 0 Å². The fourth-order valence-electron chi connectivity index (χ4n) is 1.80. The normalized spacial score (nSPS) is 10.8. The van der Waals surface area contributed by atoms with Crippen LogP contribution in [0.4, 0.5) is 0 Å². The van der Waals surface area contributed by atoms with Gasteiger partial charge in [0.2, 0.25) is 0 Å². The highest BCUT2D eigenvalue weighted by molar-refractivity contribution is 8.66. The van der Waals surface area contributed by atoms with E-state index in [0.29, 0.717) is 5.92 Å². The van der Waals surface area contributed by atoms with Crippen molar-refractivity contribution >= 4 is 22.7 Å². The lowest BCUT2D eigenvalue weighted by Crippen LogP contribution is -1.97. The average molecular weight is 242 g/mol. The van der Waals surface area contributed by atoms with E-state index in [4.69, 9.17) is 4.18 Å². The van der Waals surface area contributed by atoms with Gasteiger partial charge in [-0.15, -0.1) is 0 Å². The van der Waals surface area contributed by atoms with Crippen molar-refractivity contribution in [1.82, 2.24) is 0 Å². The Morgan fingerprint density at radius 2 is 1.80 bits per heavy atom. The van der Waals surface area contributed by atoms with Gasteiger partial charge in [0.05, 0.1) is 0 Å². The zero-order valence-corrected chi connectivity index (χ0v) is 11.4. The Kier molecular flexibility index (Phi) is 4.87. The van der Waals surface area contributed by atoms with Crippen LogP contribution in [0.1, 0.15) is 30.5 Å². The van der Waals surface area contributed by atoms with Gasteiger partial charge in [-0.2, -0.15) is 0 Å². The van der Waals surface area contributed by atoms with Crippen molar-refractivity contribution in [3.8, 4) is 5.75 Å². The molecule has 0 spiro atoms. The minimum Gasteiger partial charge on any atom is -0.414 e. The summed E-state index contributed by atoms with van der Waals surface area (Å²) in [5.74, 6) is 1.64. The van der Waals surface area contributed by atoms with Gasteiger partial charge in [0.1, 0.15) is 16.8 Å². The van der Waals surface area contributed by atoms with Gasteiger partial charge < -0.3 is 4.18 Å². The van der Waals surface area contributed by atoms with E-state index < -0.39 is 0 Å². The first-order chi connectivity index (χ1) is 7.04. The van der Waals surface area contributed by atoms with Gasteiger partial charge in [-0.25, -0.2) is 0 Å². The van der Waals surface area contributed by atoms with Crippen LogP contribution in [0, 0.1) is 19.8 Å². The van der Waals surface area contributed by atoms with Gasteiger partial charge in [0.25, 0.3) is 0 Å². The SMILES string of the molecule is Cc1cc(CC(C)C)cc(C)c1OSS. The molecule has 0 heterocycles. The maximum atomic E-state index is 5.41. The highest BCUT2D eigenvalue weighted by atomic mass is 33.1. The first kappa shape index (κ1) is 12.8. The lowest BCUT2D eigenvalue weighted by molar-refractivity contribution is 0.631. The summed E-state index contributed by atoms with van der Waals surface area (Å²) in [7, 11) is 0. The first-order valence-corrected chi connectivity index (χ1v) is 6.92. The van der Waals surface area contributed by atoms with Gasteiger partial charge in [-0.3, -0.25) is 0 Å². The van der Waals surface area contributed by atoms with E-state index in [1.165, 1.54) is 16.7 Å². The van der Waals surface area contributed by atoms with E-state index in [-0.39, 0.29) is 0 Å². The minimum atomic E-state index is 0.690. The lowest BCUT2D eigenvalue weighted by Gasteiger charge is -2.12. The van der Waals surface area contributed by atoms with Crippen molar-refractivity contribution < 1.29 is 4.18 Å². The molecule has 0 N–H and O–H groups in total. The molecule has 0 fully saturated rings. The third kappa shape index (κ3) is 3.65. The number of hydrogen-bond acceptors (Lipinski definition) is 3. The Labute approximate surface area is 102 Å². The van der Waals surface area contributed by atoms with Gasteiger partial charge in [-0.1, -0.05) is 37.6 Å². The largest absolute Gasteiger partial charge is 0.414 e. The summed E-state index contributed by atoms with van der Waals surface area (Å²) >= 11 is 5.10. The monoisotopic (exact) mass is 242 g/mol. The molecule has 1 rings (SSSR count). The summed E-state index contributed by atoms with van der Waals surface area (Å²) in [6.07, 6.45) is 1.12. The van der Waals surface area contributed by atoms with Crippen LogP contribution < -0.4 is 4.18 Å². The predicted molar refractivity (Wildman–Crippen MR) is 71.7 cm³/mol. The van der Waals surface area contributed by atoms with Gasteiger partial charge >= 0.3 is 0 Å². The van der Waals surface area contributed by atoms with E-state index >= 15 is 0 Å². The van der Waals surface area contributed by atoms with E-state index in [0.717, 1.165) is 23.2 Å². The van der Waals surface area contributed by atoms with Crippen LogP contribution >= 0.6 is 22.7 Å². The second-order valence-corrected chi connectivity index (χ2v) is 5.08. The summed E-state index contributed by atoms with van der Waals surface area (Å²) in [6.45, 7) is 8.63. The predicted octanol–water partition coefficient (Wildman–Crippen LogP) is 4.37. The van der Waals surface area contributed by atoms with Gasteiger partial charge in [-0.05, 0) is 42.9 Å². The summed E-state index contributed by atoms with van der Waals surface area (Å²) in [5.41, 5.74) is 3.76. The molecule has 0 aliphatic carbocycles. The van der Waals surface area contributed by atoms with E-state index in [1.54, 1.807) is 0 Å². The molecule has 0 saturated carbocycles. The molecule has 3 heteroatoms. The lowest BCUT2D eigenvalue weighted by atomic mass is 9.98. The zero-order chi connectivity index (χ0) is 11.4. The van der Waals surface area contributed by atoms with Crippen LogP contribution in [0.2, 0.25) is 0 Å². The number of hydrogen-bond donors (Lipinski definition) is 1. The minimum absolute atomic E-state index is 0.690. The van der Waals surface area contributed by atoms with Gasteiger partial charge in [0.15, 0.2) is 0 Å². The molecule has 15 heavy (non-hydrogen) atoms.